The average molecular weight is 286 g/mol. The van der Waals surface area contributed by atoms with Gasteiger partial charge in [0.2, 0.25) is 0 Å². The molecule has 0 spiro atoms. The Morgan fingerprint density at radius 3 is 2.43 bits per heavy atom. The molecule has 112 valence electrons. The van der Waals surface area contributed by atoms with Gasteiger partial charge >= 0.3 is 0 Å². The number of hydrogen-bond acceptors (Lipinski definition) is 3. The Hall–Kier alpha value is -2.00. The van der Waals surface area contributed by atoms with Crippen molar-refractivity contribution in [3.63, 3.8) is 0 Å². The molecule has 21 heavy (non-hydrogen) atoms. The highest BCUT2D eigenvalue weighted by Gasteiger charge is 2.13. The smallest absolute Gasteiger partial charge is 0.163 e. The fourth-order valence-corrected chi connectivity index (χ4v) is 2.51. The van der Waals surface area contributed by atoms with Gasteiger partial charge in [-0.05, 0) is 46.9 Å². The van der Waals surface area contributed by atoms with Crippen molar-refractivity contribution in [1.29, 1.82) is 0 Å². The molecule has 0 aromatic heterocycles. The summed E-state index contributed by atoms with van der Waals surface area (Å²) in [5, 5.41) is 9.29. The van der Waals surface area contributed by atoms with E-state index in [1.807, 2.05) is 30.3 Å². The summed E-state index contributed by atoms with van der Waals surface area (Å²) >= 11 is 0. The second-order valence-electron chi connectivity index (χ2n) is 4.98. The summed E-state index contributed by atoms with van der Waals surface area (Å²) in [6.07, 6.45) is 1.98. The molecular weight excluding hydrogens is 264 g/mol. The van der Waals surface area contributed by atoms with Crippen LogP contribution in [-0.4, -0.2) is 19.3 Å². The molecule has 0 saturated carbocycles. The van der Waals surface area contributed by atoms with E-state index in [2.05, 4.69) is 13.0 Å². The van der Waals surface area contributed by atoms with Crippen LogP contribution in [0.4, 0.5) is 0 Å². The van der Waals surface area contributed by atoms with Crippen LogP contribution in [0, 0.1) is 0 Å². The number of aliphatic hydroxyl groups is 1. The molecule has 0 fully saturated rings. The molecule has 0 aliphatic carbocycles. The van der Waals surface area contributed by atoms with Crippen LogP contribution in [0.5, 0.6) is 11.5 Å². The normalized spacial score (nSPS) is 10.5. The van der Waals surface area contributed by atoms with Gasteiger partial charge in [-0.1, -0.05) is 31.5 Å². The minimum Gasteiger partial charge on any atom is -0.493 e. The van der Waals surface area contributed by atoms with Gasteiger partial charge in [-0.25, -0.2) is 0 Å². The van der Waals surface area contributed by atoms with Crippen LogP contribution in [0.15, 0.2) is 36.4 Å². The number of aliphatic hydroxyl groups excluding tert-OH is 1. The summed E-state index contributed by atoms with van der Waals surface area (Å²) in [6, 6.07) is 12.0. The average Bonchev–Trinajstić information content (AvgIpc) is 2.54. The Labute approximate surface area is 126 Å². The zero-order valence-corrected chi connectivity index (χ0v) is 12.8. The second kappa shape index (κ2) is 7.14. The minimum atomic E-state index is 0.0446. The Kier molecular flexibility index (Phi) is 5.23. The van der Waals surface area contributed by atoms with Crippen molar-refractivity contribution in [2.24, 2.45) is 0 Å². The Morgan fingerprint density at radius 1 is 1.00 bits per heavy atom. The number of methoxy groups -OCH3 is 2. The minimum absolute atomic E-state index is 0.0446. The molecular formula is C18H22O3. The third kappa shape index (κ3) is 3.37. The highest BCUT2D eigenvalue weighted by Crippen LogP contribution is 2.37. The molecule has 3 nitrogen and oxygen atoms in total. The number of aryl methyl sites for hydroxylation is 1. The van der Waals surface area contributed by atoms with Crippen molar-refractivity contribution >= 4 is 0 Å². The van der Waals surface area contributed by atoms with Crippen LogP contribution in [0.2, 0.25) is 0 Å². The Balaban J connectivity index is 2.55. The zero-order valence-electron chi connectivity index (χ0n) is 12.8. The molecule has 0 radical (unpaired) electrons. The maximum Gasteiger partial charge on any atom is 0.163 e. The van der Waals surface area contributed by atoms with Crippen molar-refractivity contribution in [2.45, 2.75) is 26.4 Å². The summed E-state index contributed by atoms with van der Waals surface area (Å²) in [5.41, 5.74) is 4.19. The molecule has 0 saturated heterocycles. The van der Waals surface area contributed by atoms with E-state index in [0.717, 1.165) is 46.6 Å². The number of rotatable bonds is 6. The first-order chi connectivity index (χ1) is 10.2. The molecule has 0 amide bonds. The topological polar surface area (TPSA) is 38.7 Å². The van der Waals surface area contributed by atoms with Crippen LogP contribution in [0.3, 0.4) is 0 Å². The standard InChI is InChI=1S/C18H22O3/c1-4-6-15-10-16(11-17(20-2)18(15)21-3)14-8-5-7-13(9-14)12-19/h5,7-11,19H,4,6,12H2,1-3H3. The van der Waals surface area contributed by atoms with Gasteiger partial charge in [-0.15, -0.1) is 0 Å². The number of benzene rings is 2. The quantitative estimate of drug-likeness (QED) is 0.877. The molecule has 0 atom stereocenters. The zero-order chi connectivity index (χ0) is 15.2. The lowest BCUT2D eigenvalue weighted by Crippen LogP contribution is -1.97. The van der Waals surface area contributed by atoms with Crippen molar-refractivity contribution in [3.05, 3.63) is 47.5 Å². The van der Waals surface area contributed by atoms with Crippen LogP contribution in [0.25, 0.3) is 11.1 Å². The van der Waals surface area contributed by atoms with E-state index in [1.54, 1.807) is 14.2 Å². The van der Waals surface area contributed by atoms with Crippen molar-refractivity contribution in [1.82, 2.24) is 0 Å². The lowest BCUT2D eigenvalue weighted by Gasteiger charge is -2.15. The lowest BCUT2D eigenvalue weighted by atomic mass is 9.98. The van der Waals surface area contributed by atoms with Crippen LogP contribution < -0.4 is 9.47 Å². The fourth-order valence-electron chi connectivity index (χ4n) is 2.51. The largest absolute Gasteiger partial charge is 0.493 e. The van der Waals surface area contributed by atoms with Crippen LogP contribution in [0.1, 0.15) is 24.5 Å². The first-order valence-corrected chi connectivity index (χ1v) is 7.18. The maximum absolute atomic E-state index is 9.29. The fraction of sp³-hybridized carbons (Fsp3) is 0.333. The molecule has 1 N–H and O–H groups in total. The highest BCUT2D eigenvalue weighted by atomic mass is 16.5. The lowest BCUT2D eigenvalue weighted by molar-refractivity contribution is 0.282. The third-order valence-corrected chi connectivity index (χ3v) is 3.52. The molecule has 2 rings (SSSR count). The highest BCUT2D eigenvalue weighted by molar-refractivity contribution is 5.69. The van der Waals surface area contributed by atoms with Crippen molar-refractivity contribution in [2.75, 3.05) is 14.2 Å². The van der Waals surface area contributed by atoms with Crippen LogP contribution >= 0.6 is 0 Å². The Morgan fingerprint density at radius 2 is 1.81 bits per heavy atom. The molecule has 0 heterocycles. The summed E-state index contributed by atoms with van der Waals surface area (Å²) in [6.45, 7) is 2.19. The van der Waals surface area contributed by atoms with Gasteiger partial charge in [0.05, 0.1) is 20.8 Å². The van der Waals surface area contributed by atoms with E-state index >= 15 is 0 Å². The summed E-state index contributed by atoms with van der Waals surface area (Å²) in [5.74, 6) is 1.55. The SMILES string of the molecule is CCCc1cc(-c2cccc(CO)c2)cc(OC)c1OC. The van der Waals surface area contributed by atoms with E-state index in [-0.39, 0.29) is 6.61 Å². The van der Waals surface area contributed by atoms with Gasteiger partial charge in [-0.2, -0.15) is 0 Å². The van der Waals surface area contributed by atoms with Gasteiger partial charge in [0.15, 0.2) is 11.5 Å². The molecule has 2 aromatic carbocycles. The predicted molar refractivity (Wildman–Crippen MR) is 84.9 cm³/mol. The van der Waals surface area contributed by atoms with Gasteiger partial charge in [-0.3, -0.25) is 0 Å². The third-order valence-electron chi connectivity index (χ3n) is 3.52. The molecule has 0 aliphatic heterocycles. The second-order valence-corrected chi connectivity index (χ2v) is 4.98. The Bertz CT molecular complexity index is 605. The number of ether oxygens (including phenoxy) is 2. The van der Waals surface area contributed by atoms with Gasteiger partial charge < -0.3 is 14.6 Å². The van der Waals surface area contributed by atoms with E-state index in [4.69, 9.17) is 9.47 Å². The molecule has 2 aromatic rings. The monoisotopic (exact) mass is 286 g/mol. The van der Waals surface area contributed by atoms with Crippen molar-refractivity contribution < 1.29 is 14.6 Å². The van der Waals surface area contributed by atoms with E-state index < -0.39 is 0 Å². The molecule has 0 aliphatic rings. The maximum atomic E-state index is 9.29. The van der Waals surface area contributed by atoms with Gasteiger partial charge in [0, 0.05) is 0 Å². The number of hydrogen-bond donors (Lipinski definition) is 1. The van der Waals surface area contributed by atoms with Crippen LogP contribution in [-0.2, 0) is 13.0 Å². The molecule has 0 unspecified atom stereocenters. The molecule has 3 heteroatoms. The first-order valence-electron chi connectivity index (χ1n) is 7.18. The summed E-state index contributed by atoms with van der Waals surface area (Å²) < 4.78 is 11.0. The first kappa shape index (κ1) is 15.4. The predicted octanol–water partition coefficient (Wildman–Crippen LogP) is 3.82. The summed E-state index contributed by atoms with van der Waals surface area (Å²) in [7, 11) is 3.32. The molecule has 0 bridgehead atoms. The van der Waals surface area contributed by atoms with E-state index in [0.29, 0.717) is 0 Å². The van der Waals surface area contributed by atoms with Gasteiger partial charge in [0.25, 0.3) is 0 Å². The van der Waals surface area contributed by atoms with Gasteiger partial charge in [0.1, 0.15) is 0 Å². The summed E-state index contributed by atoms with van der Waals surface area (Å²) in [4.78, 5) is 0. The van der Waals surface area contributed by atoms with E-state index in [9.17, 15) is 5.11 Å². The van der Waals surface area contributed by atoms with Crippen molar-refractivity contribution in [3.8, 4) is 22.6 Å². The van der Waals surface area contributed by atoms with E-state index in [1.165, 1.54) is 0 Å².